The molecule has 2 amide bonds. The van der Waals surface area contributed by atoms with E-state index in [0.717, 1.165) is 42.0 Å². The van der Waals surface area contributed by atoms with Gasteiger partial charge in [0, 0.05) is 25.5 Å². The van der Waals surface area contributed by atoms with E-state index in [4.69, 9.17) is 4.74 Å². The molecule has 2 rings (SSSR count). The molecule has 0 aromatic carbocycles. The van der Waals surface area contributed by atoms with Crippen LogP contribution in [0.5, 0.6) is 0 Å². The smallest absolute Gasteiger partial charge is 0.264 e. The van der Waals surface area contributed by atoms with Gasteiger partial charge in [0.05, 0.1) is 23.6 Å². The molecule has 1 atom stereocenters. The largest absolute Gasteiger partial charge is 0.382 e. The van der Waals surface area contributed by atoms with Gasteiger partial charge in [-0.05, 0) is 31.4 Å². The number of amides is 2. The molecule has 1 saturated heterocycles. The third-order valence-electron chi connectivity index (χ3n) is 4.35. The second-order valence-electron chi connectivity index (χ2n) is 6.14. The lowest BCUT2D eigenvalue weighted by molar-refractivity contribution is -0.119. The molecule has 0 bridgehead atoms. The second-order valence-corrected chi connectivity index (χ2v) is 7.31. The van der Waals surface area contributed by atoms with Crippen molar-refractivity contribution < 1.29 is 14.3 Å². The molecule has 0 saturated carbocycles. The Balaban J connectivity index is 2.13. The van der Waals surface area contributed by atoms with Crippen LogP contribution in [0.4, 0.5) is 0 Å². The summed E-state index contributed by atoms with van der Waals surface area (Å²) in [6, 6.07) is 3.79. The number of nitrogens with one attached hydrogen (secondary N) is 1. The van der Waals surface area contributed by atoms with Gasteiger partial charge in [-0.25, -0.2) is 0 Å². The highest BCUT2D eigenvalue weighted by Crippen LogP contribution is 2.36. The maximum atomic E-state index is 13.0. The normalized spacial score (nSPS) is 20.7. The van der Waals surface area contributed by atoms with E-state index in [1.165, 1.54) is 18.3 Å². The highest BCUT2D eigenvalue weighted by molar-refractivity contribution is 7.14. The first-order valence-electron chi connectivity index (χ1n) is 8.16. The molecule has 1 aliphatic rings. The maximum Gasteiger partial charge on any atom is 0.264 e. The van der Waals surface area contributed by atoms with E-state index in [-0.39, 0.29) is 17.4 Å². The predicted molar refractivity (Wildman–Crippen MR) is 91.6 cm³/mol. The quantitative estimate of drug-likeness (QED) is 0.832. The Bertz CT molecular complexity index is 550. The minimum Gasteiger partial charge on any atom is -0.382 e. The van der Waals surface area contributed by atoms with Crippen LogP contribution in [0.3, 0.4) is 0 Å². The van der Waals surface area contributed by atoms with E-state index >= 15 is 0 Å². The average molecular weight is 338 g/mol. The van der Waals surface area contributed by atoms with Gasteiger partial charge in [-0.15, -0.1) is 11.3 Å². The number of methoxy groups -OCH3 is 1. The summed E-state index contributed by atoms with van der Waals surface area (Å²) in [6.45, 7) is 5.51. The van der Waals surface area contributed by atoms with Crippen molar-refractivity contribution >= 4 is 23.2 Å². The molecule has 1 aliphatic heterocycles. The van der Waals surface area contributed by atoms with Crippen molar-refractivity contribution in [1.82, 2.24) is 10.2 Å². The van der Waals surface area contributed by atoms with Crippen molar-refractivity contribution in [2.24, 2.45) is 0 Å². The molecule has 0 aliphatic carbocycles. The first kappa shape index (κ1) is 17.9. The number of nitrogens with zero attached hydrogens (tertiary/aromatic N) is 1. The summed E-state index contributed by atoms with van der Waals surface area (Å²) < 4.78 is 5.43. The van der Waals surface area contributed by atoms with Gasteiger partial charge >= 0.3 is 0 Å². The lowest BCUT2D eigenvalue weighted by atomic mass is 9.91. The molecule has 1 unspecified atom stereocenters. The number of carbonyl (C=O) groups is 2. The summed E-state index contributed by atoms with van der Waals surface area (Å²) in [5.41, 5.74) is -0.164. The highest BCUT2D eigenvalue weighted by Gasteiger charge is 2.43. The summed E-state index contributed by atoms with van der Waals surface area (Å²) in [5.74, 6) is 0.0277. The zero-order chi connectivity index (χ0) is 16.9. The van der Waals surface area contributed by atoms with Crippen molar-refractivity contribution in [2.45, 2.75) is 51.6 Å². The van der Waals surface area contributed by atoms with Gasteiger partial charge in [0.2, 0.25) is 5.91 Å². The fourth-order valence-corrected chi connectivity index (χ4v) is 4.30. The number of likely N-dealkylation sites (tertiary alicyclic amines) is 1. The standard InChI is InChI=1S/C17H26N2O3S/c1-4-8-17(12-22-3)9-5-10-19(17)16(21)15-7-6-14(23-15)11-18-13(2)20/h6-7H,4-5,8-12H2,1-3H3,(H,18,20). The summed E-state index contributed by atoms with van der Waals surface area (Å²) in [5, 5.41) is 2.77. The van der Waals surface area contributed by atoms with Crippen molar-refractivity contribution in [3.8, 4) is 0 Å². The van der Waals surface area contributed by atoms with Crippen LogP contribution in [-0.2, 0) is 16.1 Å². The number of thiophene rings is 1. The van der Waals surface area contributed by atoms with Crippen LogP contribution in [-0.4, -0.2) is 42.5 Å². The van der Waals surface area contributed by atoms with Crippen LogP contribution in [0.15, 0.2) is 12.1 Å². The monoisotopic (exact) mass is 338 g/mol. The minimum atomic E-state index is -0.164. The van der Waals surface area contributed by atoms with E-state index in [1.807, 2.05) is 17.0 Å². The third-order valence-corrected chi connectivity index (χ3v) is 5.43. The van der Waals surface area contributed by atoms with Crippen LogP contribution in [0.25, 0.3) is 0 Å². The lowest BCUT2D eigenvalue weighted by Gasteiger charge is -2.38. The number of hydrogen-bond acceptors (Lipinski definition) is 4. The summed E-state index contributed by atoms with van der Waals surface area (Å²) in [4.78, 5) is 27.7. The van der Waals surface area contributed by atoms with Crippen LogP contribution >= 0.6 is 11.3 Å². The molecule has 1 aromatic rings. The Kier molecular flexibility index (Phi) is 6.18. The van der Waals surface area contributed by atoms with Gasteiger partial charge in [-0.3, -0.25) is 9.59 Å². The van der Waals surface area contributed by atoms with Crippen LogP contribution in [0.1, 0.15) is 54.1 Å². The molecule has 5 nitrogen and oxygen atoms in total. The lowest BCUT2D eigenvalue weighted by Crippen LogP contribution is -2.50. The van der Waals surface area contributed by atoms with Crippen molar-refractivity contribution in [3.05, 3.63) is 21.9 Å². The maximum absolute atomic E-state index is 13.0. The SMILES string of the molecule is CCCC1(COC)CCCN1C(=O)c1ccc(CNC(C)=O)s1. The number of rotatable bonds is 7. The molecular weight excluding hydrogens is 312 g/mol. The zero-order valence-corrected chi connectivity index (χ0v) is 15.0. The Morgan fingerprint density at radius 1 is 1.43 bits per heavy atom. The highest BCUT2D eigenvalue weighted by atomic mass is 32.1. The molecule has 6 heteroatoms. The van der Waals surface area contributed by atoms with Gasteiger partial charge in [0.25, 0.3) is 5.91 Å². The zero-order valence-electron chi connectivity index (χ0n) is 14.2. The van der Waals surface area contributed by atoms with Gasteiger partial charge in [-0.2, -0.15) is 0 Å². The number of carbonyl (C=O) groups excluding carboxylic acids is 2. The molecule has 128 valence electrons. The summed E-state index contributed by atoms with van der Waals surface area (Å²) in [7, 11) is 1.70. The van der Waals surface area contributed by atoms with Crippen LogP contribution in [0.2, 0.25) is 0 Å². The van der Waals surface area contributed by atoms with Gasteiger partial charge in [0.15, 0.2) is 0 Å². The van der Waals surface area contributed by atoms with Gasteiger partial charge < -0.3 is 15.0 Å². The van der Waals surface area contributed by atoms with E-state index in [9.17, 15) is 9.59 Å². The first-order valence-corrected chi connectivity index (χ1v) is 8.98. The Morgan fingerprint density at radius 3 is 2.87 bits per heavy atom. The van der Waals surface area contributed by atoms with Gasteiger partial charge in [-0.1, -0.05) is 13.3 Å². The topological polar surface area (TPSA) is 58.6 Å². The second kappa shape index (κ2) is 7.93. The number of hydrogen-bond donors (Lipinski definition) is 1. The predicted octanol–water partition coefficient (Wildman–Crippen LogP) is 2.81. The van der Waals surface area contributed by atoms with Crippen LogP contribution in [0, 0.1) is 0 Å². The first-order chi connectivity index (χ1) is 11.0. The average Bonchev–Trinajstić information content (AvgIpc) is 3.12. The fourth-order valence-electron chi connectivity index (χ4n) is 3.40. The molecular formula is C17H26N2O3S. The van der Waals surface area contributed by atoms with Gasteiger partial charge in [0.1, 0.15) is 0 Å². The molecule has 0 spiro atoms. The molecule has 1 fully saturated rings. The van der Waals surface area contributed by atoms with E-state index in [2.05, 4.69) is 12.2 Å². The van der Waals surface area contributed by atoms with Crippen molar-refractivity contribution in [1.29, 1.82) is 0 Å². The third kappa shape index (κ3) is 4.12. The summed E-state index contributed by atoms with van der Waals surface area (Å²) in [6.07, 6.45) is 4.03. The molecule has 23 heavy (non-hydrogen) atoms. The molecule has 0 radical (unpaired) electrons. The van der Waals surface area contributed by atoms with Crippen molar-refractivity contribution in [3.63, 3.8) is 0 Å². The Hall–Kier alpha value is -1.40. The molecule has 2 heterocycles. The van der Waals surface area contributed by atoms with E-state index in [1.54, 1.807) is 7.11 Å². The van der Waals surface area contributed by atoms with Crippen molar-refractivity contribution in [2.75, 3.05) is 20.3 Å². The molecule has 1 N–H and O–H groups in total. The van der Waals surface area contributed by atoms with Crippen LogP contribution < -0.4 is 5.32 Å². The molecule has 1 aromatic heterocycles. The Labute approximate surface area is 142 Å². The Morgan fingerprint density at radius 2 is 2.22 bits per heavy atom. The summed E-state index contributed by atoms with van der Waals surface area (Å²) >= 11 is 1.46. The van der Waals surface area contributed by atoms with E-state index in [0.29, 0.717) is 13.2 Å². The minimum absolute atomic E-state index is 0.0622. The number of ether oxygens (including phenoxy) is 1. The fraction of sp³-hybridized carbons (Fsp3) is 0.647. The van der Waals surface area contributed by atoms with E-state index < -0.39 is 0 Å².